The van der Waals surface area contributed by atoms with E-state index in [1.54, 1.807) is 19.1 Å². The summed E-state index contributed by atoms with van der Waals surface area (Å²) in [6, 6.07) is 4.71. The third-order valence-electron chi connectivity index (χ3n) is 3.40. The number of benzene rings is 1. The van der Waals surface area contributed by atoms with E-state index in [1.165, 1.54) is 13.1 Å². The Balaban J connectivity index is 2.19. The van der Waals surface area contributed by atoms with Crippen LogP contribution in [0.3, 0.4) is 0 Å². The molecular formula is C14H17N3O3. The standard InChI is InChI=1S/C14H17N3O3/c1-8(5-6-15)12(18)16-9-3-4-10-11(7-9)14(20)17(2)13(10)19/h3-4,7-8H,5-6,15H2,1-2H3,(H,16,18). The number of hydrogen-bond acceptors (Lipinski definition) is 4. The quantitative estimate of drug-likeness (QED) is 0.796. The summed E-state index contributed by atoms with van der Waals surface area (Å²) in [5, 5.41) is 2.73. The Morgan fingerprint density at radius 1 is 1.30 bits per heavy atom. The molecule has 0 radical (unpaired) electrons. The van der Waals surface area contributed by atoms with Crippen molar-refractivity contribution < 1.29 is 14.4 Å². The first kappa shape index (κ1) is 14.2. The molecule has 6 nitrogen and oxygen atoms in total. The SMILES string of the molecule is CC(CCN)C(=O)Nc1ccc2c(c1)C(=O)N(C)C2=O. The Bertz CT molecular complexity index is 583. The highest BCUT2D eigenvalue weighted by Crippen LogP contribution is 2.25. The maximum absolute atomic E-state index is 11.9. The summed E-state index contributed by atoms with van der Waals surface area (Å²) in [6.45, 7) is 2.23. The number of nitrogens with two attached hydrogens (primary N) is 1. The van der Waals surface area contributed by atoms with Crippen LogP contribution in [0.15, 0.2) is 18.2 Å². The summed E-state index contributed by atoms with van der Waals surface area (Å²) in [6.07, 6.45) is 0.594. The zero-order valence-corrected chi connectivity index (χ0v) is 11.5. The third kappa shape index (κ3) is 2.42. The van der Waals surface area contributed by atoms with Crippen molar-refractivity contribution >= 4 is 23.4 Å². The maximum atomic E-state index is 11.9. The molecule has 0 spiro atoms. The minimum atomic E-state index is -0.351. The number of imide groups is 1. The summed E-state index contributed by atoms with van der Waals surface area (Å²) in [7, 11) is 1.44. The highest BCUT2D eigenvalue weighted by molar-refractivity contribution is 6.21. The molecule has 2 rings (SSSR count). The van der Waals surface area contributed by atoms with E-state index in [0.29, 0.717) is 29.8 Å². The number of hydrogen-bond donors (Lipinski definition) is 2. The van der Waals surface area contributed by atoms with Gasteiger partial charge in [-0.3, -0.25) is 19.3 Å². The number of anilines is 1. The lowest BCUT2D eigenvalue weighted by atomic mass is 10.1. The zero-order chi connectivity index (χ0) is 14.9. The molecule has 0 saturated carbocycles. The molecule has 6 heteroatoms. The number of amides is 3. The lowest BCUT2D eigenvalue weighted by Gasteiger charge is -2.11. The van der Waals surface area contributed by atoms with Gasteiger partial charge in [0.25, 0.3) is 11.8 Å². The Morgan fingerprint density at radius 2 is 1.95 bits per heavy atom. The van der Waals surface area contributed by atoms with Crippen LogP contribution in [-0.4, -0.2) is 36.2 Å². The van der Waals surface area contributed by atoms with Crippen LogP contribution in [0.5, 0.6) is 0 Å². The monoisotopic (exact) mass is 275 g/mol. The van der Waals surface area contributed by atoms with Gasteiger partial charge in [0.05, 0.1) is 11.1 Å². The van der Waals surface area contributed by atoms with Crippen molar-refractivity contribution in [1.29, 1.82) is 0 Å². The topological polar surface area (TPSA) is 92.5 Å². The number of rotatable bonds is 4. The Kier molecular flexibility index (Phi) is 3.85. The lowest BCUT2D eigenvalue weighted by molar-refractivity contribution is -0.119. The van der Waals surface area contributed by atoms with Crippen molar-refractivity contribution in [1.82, 2.24) is 4.90 Å². The number of carbonyl (C=O) groups excluding carboxylic acids is 3. The van der Waals surface area contributed by atoms with E-state index in [0.717, 1.165) is 4.90 Å². The van der Waals surface area contributed by atoms with E-state index in [4.69, 9.17) is 5.73 Å². The Morgan fingerprint density at radius 3 is 2.60 bits per heavy atom. The first-order valence-electron chi connectivity index (χ1n) is 6.43. The number of nitrogens with zero attached hydrogens (tertiary/aromatic N) is 1. The fraction of sp³-hybridized carbons (Fsp3) is 0.357. The van der Waals surface area contributed by atoms with Crippen molar-refractivity contribution in [2.24, 2.45) is 11.7 Å². The number of fused-ring (bicyclic) bond motifs is 1. The molecule has 3 amide bonds. The molecule has 1 aromatic carbocycles. The van der Waals surface area contributed by atoms with E-state index in [9.17, 15) is 14.4 Å². The van der Waals surface area contributed by atoms with Crippen LogP contribution in [0.1, 0.15) is 34.1 Å². The van der Waals surface area contributed by atoms with Crippen molar-refractivity contribution in [3.05, 3.63) is 29.3 Å². The predicted octanol–water partition coefficient (Wildman–Crippen LogP) is 0.836. The van der Waals surface area contributed by atoms with Crippen LogP contribution in [0.2, 0.25) is 0 Å². The normalized spacial score (nSPS) is 15.2. The van der Waals surface area contributed by atoms with E-state index in [-0.39, 0.29) is 23.6 Å². The van der Waals surface area contributed by atoms with Gasteiger partial charge in [0, 0.05) is 18.7 Å². The maximum Gasteiger partial charge on any atom is 0.261 e. The molecule has 0 bridgehead atoms. The van der Waals surface area contributed by atoms with Gasteiger partial charge in [0.1, 0.15) is 0 Å². The van der Waals surface area contributed by atoms with Gasteiger partial charge in [-0.2, -0.15) is 0 Å². The van der Waals surface area contributed by atoms with E-state index in [1.807, 2.05) is 0 Å². The molecule has 1 aliphatic rings. The molecule has 106 valence electrons. The van der Waals surface area contributed by atoms with Crippen LogP contribution in [0.4, 0.5) is 5.69 Å². The number of carbonyl (C=O) groups is 3. The summed E-state index contributed by atoms with van der Waals surface area (Å²) < 4.78 is 0. The van der Waals surface area contributed by atoms with Crippen LogP contribution >= 0.6 is 0 Å². The van der Waals surface area contributed by atoms with Crippen LogP contribution in [0, 0.1) is 5.92 Å². The first-order chi connectivity index (χ1) is 9.45. The summed E-state index contributed by atoms with van der Waals surface area (Å²) in [4.78, 5) is 36.5. The van der Waals surface area contributed by atoms with Crippen molar-refractivity contribution in [2.45, 2.75) is 13.3 Å². The van der Waals surface area contributed by atoms with E-state index in [2.05, 4.69) is 5.32 Å². The second-order valence-corrected chi connectivity index (χ2v) is 4.90. The van der Waals surface area contributed by atoms with Gasteiger partial charge in [0.15, 0.2) is 0 Å². The molecule has 1 unspecified atom stereocenters. The summed E-state index contributed by atoms with van der Waals surface area (Å²) in [5.41, 5.74) is 6.61. The molecule has 1 aliphatic heterocycles. The van der Waals surface area contributed by atoms with Gasteiger partial charge in [-0.15, -0.1) is 0 Å². The molecular weight excluding hydrogens is 258 g/mol. The highest BCUT2D eigenvalue weighted by atomic mass is 16.2. The lowest BCUT2D eigenvalue weighted by Crippen LogP contribution is -2.24. The van der Waals surface area contributed by atoms with Crippen molar-refractivity contribution in [3.8, 4) is 0 Å². The molecule has 20 heavy (non-hydrogen) atoms. The predicted molar refractivity (Wildman–Crippen MR) is 74.3 cm³/mol. The van der Waals surface area contributed by atoms with Gasteiger partial charge in [-0.25, -0.2) is 0 Å². The average molecular weight is 275 g/mol. The third-order valence-corrected chi connectivity index (χ3v) is 3.40. The fourth-order valence-corrected chi connectivity index (χ4v) is 2.09. The van der Waals surface area contributed by atoms with Gasteiger partial charge in [-0.05, 0) is 31.2 Å². The summed E-state index contributed by atoms with van der Waals surface area (Å²) in [5.74, 6) is -1.02. The second-order valence-electron chi connectivity index (χ2n) is 4.90. The van der Waals surface area contributed by atoms with Gasteiger partial charge in [-0.1, -0.05) is 6.92 Å². The average Bonchev–Trinajstić information content (AvgIpc) is 2.64. The smallest absolute Gasteiger partial charge is 0.261 e. The van der Waals surface area contributed by atoms with E-state index >= 15 is 0 Å². The largest absolute Gasteiger partial charge is 0.330 e. The Hall–Kier alpha value is -2.21. The van der Waals surface area contributed by atoms with Crippen LogP contribution in [0.25, 0.3) is 0 Å². The Labute approximate surface area is 116 Å². The first-order valence-corrected chi connectivity index (χ1v) is 6.43. The van der Waals surface area contributed by atoms with Crippen molar-refractivity contribution in [3.63, 3.8) is 0 Å². The molecule has 3 N–H and O–H groups in total. The van der Waals surface area contributed by atoms with Crippen LogP contribution < -0.4 is 11.1 Å². The van der Waals surface area contributed by atoms with E-state index < -0.39 is 0 Å². The minimum Gasteiger partial charge on any atom is -0.330 e. The molecule has 1 heterocycles. The second kappa shape index (κ2) is 5.42. The molecule has 0 aliphatic carbocycles. The number of nitrogens with one attached hydrogen (secondary N) is 1. The van der Waals surface area contributed by atoms with Gasteiger partial charge >= 0.3 is 0 Å². The molecule has 1 atom stereocenters. The molecule has 0 fully saturated rings. The molecule has 1 aromatic rings. The van der Waals surface area contributed by atoms with Gasteiger partial charge in [0.2, 0.25) is 5.91 Å². The van der Waals surface area contributed by atoms with Gasteiger partial charge < -0.3 is 11.1 Å². The summed E-state index contributed by atoms with van der Waals surface area (Å²) >= 11 is 0. The fourth-order valence-electron chi connectivity index (χ4n) is 2.09. The zero-order valence-electron chi connectivity index (χ0n) is 11.5. The highest BCUT2D eigenvalue weighted by Gasteiger charge is 2.32. The van der Waals surface area contributed by atoms with Crippen LogP contribution in [-0.2, 0) is 4.79 Å². The minimum absolute atomic E-state index is 0.152. The molecule has 0 aromatic heterocycles. The molecule has 0 saturated heterocycles. The van der Waals surface area contributed by atoms with Crippen molar-refractivity contribution in [2.75, 3.05) is 18.9 Å².